The summed E-state index contributed by atoms with van der Waals surface area (Å²) in [5.74, 6) is -0.597. The number of esters is 1. The highest BCUT2D eigenvalue weighted by molar-refractivity contribution is 9.10. The lowest BCUT2D eigenvalue weighted by molar-refractivity contribution is -0.140. The number of nitrogens with zero attached hydrogens (tertiary/aromatic N) is 1. The Morgan fingerprint density at radius 1 is 1.38 bits per heavy atom. The van der Waals surface area contributed by atoms with Gasteiger partial charge in [-0.3, -0.25) is 9.59 Å². The average Bonchev–Trinajstić information content (AvgIpc) is 2.50. The van der Waals surface area contributed by atoms with E-state index >= 15 is 0 Å². The summed E-state index contributed by atoms with van der Waals surface area (Å²) in [6.45, 7) is 1.96. The molecule has 0 fully saturated rings. The number of halogens is 1. The summed E-state index contributed by atoms with van der Waals surface area (Å²) in [6, 6.07) is 6.77. The van der Waals surface area contributed by atoms with Gasteiger partial charge >= 0.3 is 5.97 Å². The van der Waals surface area contributed by atoms with Crippen LogP contribution in [0.5, 0.6) is 0 Å². The SMILES string of the molecule is CCC(CO)N(CCC(=O)OC)C(=O)c1ccccc1Br. The summed E-state index contributed by atoms with van der Waals surface area (Å²) in [5.41, 5.74) is 0.509. The maximum Gasteiger partial charge on any atom is 0.307 e. The van der Waals surface area contributed by atoms with Crippen molar-refractivity contribution in [2.24, 2.45) is 0 Å². The molecule has 0 saturated carbocycles. The Balaban J connectivity index is 2.97. The molecule has 0 spiro atoms. The number of benzene rings is 1. The lowest BCUT2D eigenvalue weighted by atomic mass is 10.1. The predicted octanol–water partition coefficient (Wildman–Crippen LogP) is 2.23. The fourth-order valence-electron chi connectivity index (χ4n) is 2.00. The average molecular weight is 358 g/mol. The molecule has 0 radical (unpaired) electrons. The van der Waals surface area contributed by atoms with Gasteiger partial charge in [-0.15, -0.1) is 0 Å². The molecule has 0 bridgehead atoms. The first-order valence-electron chi connectivity index (χ1n) is 6.78. The Morgan fingerprint density at radius 2 is 2.05 bits per heavy atom. The molecule has 0 heterocycles. The number of hydrogen-bond donors (Lipinski definition) is 1. The van der Waals surface area contributed by atoms with E-state index in [4.69, 9.17) is 0 Å². The third-order valence-corrected chi connectivity index (χ3v) is 3.96. The van der Waals surface area contributed by atoms with Gasteiger partial charge in [-0.05, 0) is 34.5 Å². The molecule has 1 N–H and O–H groups in total. The van der Waals surface area contributed by atoms with Gasteiger partial charge in [0, 0.05) is 11.0 Å². The molecule has 0 aliphatic heterocycles. The van der Waals surface area contributed by atoms with E-state index in [9.17, 15) is 14.7 Å². The van der Waals surface area contributed by atoms with Crippen molar-refractivity contribution in [3.63, 3.8) is 0 Å². The van der Waals surface area contributed by atoms with Crippen molar-refractivity contribution in [3.05, 3.63) is 34.3 Å². The Kier molecular flexibility index (Phi) is 7.39. The lowest BCUT2D eigenvalue weighted by Gasteiger charge is -2.30. The number of ether oxygens (including phenoxy) is 1. The number of aliphatic hydroxyl groups excluding tert-OH is 1. The minimum Gasteiger partial charge on any atom is -0.469 e. The number of rotatable bonds is 7. The number of methoxy groups -OCH3 is 1. The zero-order valence-electron chi connectivity index (χ0n) is 12.2. The molecular formula is C15H20BrNO4. The van der Waals surface area contributed by atoms with Crippen molar-refractivity contribution in [2.45, 2.75) is 25.8 Å². The van der Waals surface area contributed by atoms with Crippen LogP contribution in [0.25, 0.3) is 0 Å². The van der Waals surface area contributed by atoms with E-state index in [1.54, 1.807) is 18.2 Å². The highest BCUT2D eigenvalue weighted by atomic mass is 79.9. The van der Waals surface area contributed by atoms with Gasteiger partial charge in [0.2, 0.25) is 0 Å². The molecule has 1 unspecified atom stereocenters. The van der Waals surface area contributed by atoms with E-state index < -0.39 is 0 Å². The maximum absolute atomic E-state index is 12.7. The van der Waals surface area contributed by atoms with Crippen molar-refractivity contribution < 1.29 is 19.4 Å². The van der Waals surface area contributed by atoms with Crippen molar-refractivity contribution in [3.8, 4) is 0 Å². The number of carbonyl (C=O) groups is 2. The second kappa shape index (κ2) is 8.79. The van der Waals surface area contributed by atoms with E-state index in [2.05, 4.69) is 20.7 Å². The maximum atomic E-state index is 12.7. The first kappa shape index (κ1) is 17.7. The second-order valence-corrected chi connectivity index (χ2v) is 5.40. The van der Waals surface area contributed by atoms with Crippen LogP contribution in [-0.4, -0.2) is 48.2 Å². The highest BCUT2D eigenvalue weighted by Gasteiger charge is 2.25. The van der Waals surface area contributed by atoms with Gasteiger partial charge in [0.15, 0.2) is 0 Å². The van der Waals surface area contributed by atoms with Crippen LogP contribution in [0.2, 0.25) is 0 Å². The van der Waals surface area contributed by atoms with Crippen LogP contribution in [0.15, 0.2) is 28.7 Å². The molecule has 0 saturated heterocycles. The normalized spacial score (nSPS) is 11.8. The van der Waals surface area contributed by atoms with Gasteiger partial charge < -0.3 is 14.7 Å². The van der Waals surface area contributed by atoms with E-state index in [-0.39, 0.29) is 37.5 Å². The first-order chi connectivity index (χ1) is 10.0. The molecule has 21 heavy (non-hydrogen) atoms. The topological polar surface area (TPSA) is 66.8 Å². The third kappa shape index (κ3) is 4.82. The first-order valence-corrected chi connectivity index (χ1v) is 7.57. The van der Waals surface area contributed by atoms with Crippen LogP contribution in [0.4, 0.5) is 0 Å². The van der Waals surface area contributed by atoms with Crippen molar-refractivity contribution in [1.29, 1.82) is 0 Å². The van der Waals surface area contributed by atoms with Crippen LogP contribution in [0, 0.1) is 0 Å². The molecule has 6 heteroatoms. The standard InChI is InChI=1S/C15H20BrNO4/c1-3-11(10-18)17(9-8-14(19)21-2)15(20)12-6-4-5-7-13(12)16/h4-7,11,18H,3,8-10H2,1-2H3. The number of carbonyl (C=O) groups excluding carboxylic acids is 2. The lowest BCUT2D eigenvalue weighted by Crippen LogP contribution is -2.43. The van der Waals surface area contributed by atoms with Crippen LogP contribution in [0.1, 0.15) is 30.1 Å². The van der Waals surface area contributed by atoms with Gasteiger partial charge in [0.05, 0.1) is 31.7 Å². The van der Waals surface area contributed by atoms with Gasteiger partial charge in [0.1, 0.15) is 0 Å². The van der Waals surface area contributed by atoms with Crippen molar-refractivity contribution in [1.82, 2.24) is 4.90 Å². The molecular weight excluding hydrogens is 338 g/mol. The van der Waals surface area contributed by atoms with Crippen LogP contribution < -0.4 is 0 Å². The molecule has 0 aliphatic rings. The van der Waals surface area contributed by atoms with E-state index in [1.807, 2.05) is 13.0 Å². The molecule has 0 aliphatic carbocycles. The molecule has 1 aromatic rings. The predicted molar refractivity (Wildman–Crippen MR) is 83.0 cm³/mol. The van der Waals surface area contributed by atoms with Crippen LogP contribution in [-0.2, 0) is 9.53 Å². The van der Waals surface area contributed by atoms with Gasteiger partial charge in [-0.25, -0.2) is 0 Å². The number of amides is 1. The zero-order chi connectivity index (χ0) is 15.8. The fraction of sp³-hybridized carbons (Fsp3) is 0.467. The Morgan fingerprint density at radius 3 is 2.57 bits per heavy atom. The van der Waals surface area contributed by atoms with E-state index in [0.29, 0.717) is 16.5 Å². The Hall–Kier alpha value is -1.40. The van der Waals surface area contributed by atoms with Crippen LogP contribution in [0.3, 0.4) is 0 Å². The van der Waals surface area contributed by atoms with E-state index in [1.165, 1.54) is 12.0 Å². The summed E-state index contributed by atoms with van der Waals surface area (Å²) in [5, 5.41) is 9.46. The second-order valence-electron chi connectivity index (χ2n) is 4.55. The number of aliphatic hydroxyl groups is 1. The fourth-order valence-corrected chi connectivity index (χ4v) is 2.46. The van der Waals surface area contributed by atoms with Crippen LogP contribution >= 0.6 is 15.9 Å². The summed E-state index contributed by atoms with van der Waals surface area (Å²) in [7, 11) is 1.31. The van der Waals surface area contributed by atoms with E-state index in [0.717, 1.165) is 0 Å². The summed E-state index contributed by atoms with van der Waals surface area (Å²) >= 11 is 3.35. The molecule has 116 valence electrons. The molecule has 1 aromatic carbocycles. The van der Waals surface area contributed by atoms with Crippen molar-refractivity contribution in [2.75, 3.05) is 20.3 Å². The third-order valence-electron chi connectivity index (χ3n) is 3.27. The van der Waals surface area contributed by atoms with Gasteiger partial charge in [0.25, 0.3) is 5.91 Å². The highest BCUT2D eigenvalue weighted by Crippen LogP contribution is 2.20. The molecule has 1 rings (SSSR count). The van der Waals surface area contributed by atoms with Crippen molar-refractivity contribution >= 4 is 27.8 Å². The summed E-state index contributed by atoms with van der Waals surface area (Å²) in [6.07, 6.45) is 0.705. The minimum atomic E-state index is -0.382. The van der Waals surface area contributed by atoms with Gasteiger partial charge in [-0.2, -0.15) is 0 Å². The number of hydrogen-bond acceptors (Lipinski definition) is 4. The summed E-state index contributed by atoms with van der Waals surface area (Å²) < 4.78 is 5.29. The molecule has 0 aromatic heterocycles. The quantitative estimate of drug-likeness (QED) is 0.759. The Labute approximate surface area is 133 Å². The largest absolute Gasteiger partial charge is 0.469 e. The molecule has 1 amide bonds. The monoisotopic (exact) mass is 357 g/mol. The Bertz CT molecular complexity index is 488. The minimum absolute atomic E-state index is 0.100. The molecule has 1 atom stereocenters. The molecule has 5 nitrogen and oxygen atoms in total. The smallest absolute Gasteiger partial charge is 0.307 e. The summed E-state index contributed by atoms with van der Waals surface area (Å²) in [4.78, 5) is 25.5. The zero-order valence-corrected chi connectivity index (χ0v) is 13.8. The van der Waals surface area contributed by atoms with Gasteiger partial charge in [-0.1, -0.05) is 19.1 Å².